The van der Waals surface area contributed by atoms with E-state index in [0.29, 0.717) is 30.7 Å². The van der Waals surface area contributed by atoms with E-state index >= 15 is 0 Å². The third-order valence-electron chi connectivity index (χ3n) is 5.46. The van der Waals surface area contributed by atoms with Crippen LogP contribution in [0.1, 0.15) is 37.7 Å². The van der Waals surface area contributed by atoms with Gasteiger partial charge in [0.1, 0.15) is 17.9 Å². The van der Waals surface area contributed by atoms with Gasteiger partial charge in [0.05, 0.1) is 18.2 Å². The first-order chi connectivity index (χ1) is 12.6. The summed E-state index contributed by atoms with van der Waals surface area (Å²) in [7, 11) is 2.02. The number of rotatable bonds is 5. The Bertz CT molecular complexity index is 729. The van der Waals surface area contributed by atoms with Crippen LogP contribution in [0.5, 0.6) is 0 Å². The van der Waals surface area contributed by atoms with Crippen LogP contribution in [0.15, 0.2) is 18.3 Å². The van der Waals surface area contributed by atoms with Gasteiger partial charge in [-0.25, -0.2) is 4.98 Å². The van der Waals surface area contributed by atoms with Gasteiger partial charge < -0.3 is 15.1 Å². The molecule has 0 radical (unpaired) electrons. The highest BCUT2D eigenvalue weighted by Crippen LogP contribution is 2.26. The Labute approximate surface area is 178 Å². The second kappa shape index (κ2) is 11.1. The van der Waals surface area contributed by atoms with E-state index in [4.69, 9.17) is 10.5 Å². The van der Waals surface area contributed by atoms with Crippen molar-refractivity contribution in [3.05, 3.63) is 23.9 Å². The topological polar surface area (TPSA) is 96.1 Å². The van der Waals surface area contributed by atoms with Crippen molar-refractivity contribution in [1.29, 1.82) is 10.5 Å². The molecule has 0 spiro atoms. The van der Waals surface area contributed by atoms with E-state index in [0.717, 1.165) is 37.9 Å². The monoisotopic (exact) mass is 424 g/mol. The largest absolute Gasteiger partial charge is 0.357 e. The number of nitrogens with one attached hydrogen (secondary N) is 1. The lowest BCUT2D eigenvalue weighted by Gasteiger charge is -2.26. The van der Waals surface area contributed by atoms with E-state index in [2.05, 4.69) is 27.3 Å². The first-order valence-electron chi connectivity index (χ1n) is 9.14. The number of aromatic nitrogens is 1. The maximum Gasteiger partial charge on any atom is 0.237 e. The van der Waals surface area contributed by atoms with Crippen LogP contribution in [0.4, 0.5) is 5.82 Å². The van der Waals surface area contributed by atoms with Gasteiger partial charge in [-0.2, -0.15) is 10.5 Å². The van der Waals surface area contributed by atoms with Crippen molar-refractivity contribution in [2.75, 3.05) is 25.0 Å². The molecule has 1 aromatic heterocycles. The lowest BCUT2D eigenvalue weighted by atomic mass is 10.2. The molecule has 9 heteroatoms. The normalized spacial score (nSPS) is 23.1. The van der Waals surface area contributed by atoms with Crippen molar-refractivity contribution in [3.63, 3.8) is 0 Å². The lowest BCUT2D eigenvalue weighted by molar-refractivity contribution is -0.130. The summed E-state index contributed by atoms with van der Waals surface area (Å²) in [6.07, 6.45) is 6.30. The first kappa shape index (κ1) is 24.0. The summed E-state index contributed by atoms with van der Waals surface area (Å²) in [5.41, 5.74) is 0.559. The number of hydrogen-bond donors (Lipinski definition) is 1. The number of carbonyl (C=O) groups excluding carboxylic acids is 1. The fourth-order valence-corrected chi connectivity index (χ4v) is 3.88. The predicted octanol–water partition coefficient (Wildman–Crippen LogP) is 2.26. The molecule has 1 saturated heterocycles. The molecule has 2 fully saturated rings. The van der Waals surface area contributed by atoms with E-state index in [1.165, 1.54) is 0 Å². The third kappa shape index (κ3) is 5.48. The number of pyridine rings is 1. The van der Waals surface area contributed by atoms with Crippen LogP contribution in [-0.4, -0.2) is 54.1 Å². The van der Waals surface area contributed by atoms with E-state index in [1.54, 1.807) is 17.2 Å². The van der Waals surface area contributed by atoms with Gasteiger partial charge in [-0.1, -0.05) is 0 Å². The highest BCUT2D eigenvalue weighted by Gasteiger charge is 2.31. The molecular weight excluding hydrogens is 399 g/mol. The number of likely N-dealkylation sites (tertiary alicyclic amines) is 1. The van der Waals surface area contributed by atoms with Gasteiger partial charge in [-0.05, 0) is 44.2 Å². The predicted molar refractivity (Wildman–Crippen MR) is 112 cm³/mol. The van der Waals surface area contributed by atoms with Crippen LogP contribution >= 0.6 is 24.8 Å². The molecule has 1 amide bonds. The zero-order valence-electron chi connectivity index (χ0n) is 15.9. The number of halogens is 2. The third-order valence-corrected chi connectivity index (χ3v) is 5.46. The summed E-state index contributed by atoms with van der Waals surface area (Å²) >= 11 is 0. The summed E-state index contributed by atoms with van der Waals surface area (Å²) in [5.74, 6) is 0.888. The zero-order chi connectivity index (χ0) is 18.5. The van der Waals surface area contributed by atoms with Gasteiger partial charge in [0.15, 0.2) is 0 Å². The van der Waals surface area contributed by atoms with Crippen LogP contribution in [0.25, 0.3) is 0 Å². The molecule has 7 nitrogen and oxygen atoms in total. The molecule has 3 atom stereocenters. The molecule has 1 aliphatic carbocycles. The smallest absolute Gasteiger partial charge is 0.237 e. The second-order valence-corrected chi connectivity index (χ2v) is 7.05. The molecule has 1 N–H and O–H groups in total. The minimum absolute atomic E-state index is 0. The fourth-order valence-electron chi connectivity index (χ4n) is 3.88. The zero-order valence-corrected chi connectivity index (χ0v) is 17.5. The molecule has 1 aliphatic heterocycles. The number of hydrogen-bond acceptors (Lipinski definition) is 6. The van der Waals surface area contributed by atoms with E-state index < -0.39 is 0 Å². The van der Waals surface area contributed by atoms with Crippen LogP contribution in [0.3, 0.4) is 0 Å². The van der Waals surface area contributed by atoms with Crippen LogP contribution in [-0.2, 0) is 4.79 Å². The van der Waals surface area contributed by atoms with Crippen molar-refractivity contribution in [2.45, 2.75) is 50.2 Å². The number of amides is 1. The number of nitriles is 2. The van der Waals surface area contributed by atoms with Crippen molar-refractivity contribution in [2.24, 2.45) is 0 Å². The molecule has 1 aromatic rings. The quantitative estimate of drug-likeness (QED) is 0.778. The van der Waals surface area contributed by atoms with Crippen LogP contribution in [0, 0.1) is 22.7 Å². The number of nitrogens with zero attached hydrogens (tertiary/aromatic N) is 5. The van der Waals surface area contributed by atoms with Crippen molar-refractivity contribution < 1.29 is 4.79 Å². The summed E-state index contributed by atoms with van der Waals surface area (Å²) in [6, 6.07) is 8.36. The Kier molecular flexibility index (Phi) is 9.48. The van der Waals surface area contributed by atoms with Crippen LogP contribution in [0.2, 0.25) is 0 Å². The Morgan fingerprint density at radius 1 is 1.32 bits per heavy atom. The van der Waals surface area contributed by atoms with Gasteiger partial charge in [0.25, 0.3) is 0 Å². The highest BCUT2D eigenvalue weighted by atomic mass is 35.5. The minimum Gasteiger partial charge on any atom is -0.357 e. The van der Waals surface area contributed by atoms with E-state index in [-0.39, 0.29) is 36.8 Å². The summed E-state index contributed by atoms with van der Waals surface area (Å²) in [5, 5.41) is 21.3. The van der Waals surface area contributed by atoms with Gasteiger partial charge >= 0.3 is 0 Å². The maximum absolute atomic E-state index is 12.3. The molecule has 0 unspecified atom stereocenters. The van der Waals surface area contributed by atoms with E-state index in [1.807, 2.05) is 13.1 Å². The molecule has 2 aliphatic rings. The van der Waals surface area contributed by atoms with Crippen molar-refractivity contribution in [3.8, 4) is 12.1 Å². The Morgan fingerprint density at radius 3 is 2.75 bits per heavy atom. The Hall–Kier alpha value is -2.06. The van der Waals surface area contributed by atoms with Gasteiger partial charge in [-0.3, -0.25) is 4.79 Å². The number of carbonyl (C=O) groups is 1. The lowest BCUT2D eigenvalue weighted by Crippen LogP contribution is -2.43. The van der Waals surface area contributed by atoms with Gasteiger partial charge in [0, 0.05) is 31.9 Å². The molecule has 152 valence electrons. The van der Waals surface area contributed by atoms with Crippen molar-refractivity contribution in [1.82, 2.24) is 15.2 Å². The number of anilines is 1. The molecule has 0 bridgehead atoms. The summed E-state index contributed by atoms with van der Waals surface area (Å²) in [4.78, 5) is 20.5. The first-order valence-corrected chi connectivity index (χ1v) is 9.14. The molecule has 3 rings (SSSR count). The van der Waals surface area contributed by atoms with Crippen molar-refractivity contribution >= 4 is 36.5 Å². The average molecular weight is 425 g/mol. The average Bonchev–Trinajstić information content (AvgIpc) is 3.34. The Morgan fingerprint density at radius 2 is 2.11 bits per heavy atom. The SMILES string of the molecule is CN(c1ccc(C#N)cn1)[C@H]1CC[C@H](NCC(=O)N2CCC[C@H]2C#N)C1.Cl.Cl. The summed E-state index contributed by atoms with van der Waals surface area (Å²) < 4.78 is 0. The minimum atomic E-state index is -0.255. The molecule has 0 aromatic carbocycles. The van der Waals surface area contributed by atoms with Gasteiger partial charge in [-0.15, -0.1) is 24.8 Å². The Balaban J connectivity index is 0.00000196. The van der Waals surface area contributed by atoms with E-state index in [9.17, 15) is 4.79 Å². The molecule has 1 saturated carbocycles. The van der Waals surface area contributed by atoms with Gasteiger partial charge in [0.2, 0.25) is 5.91 Å². The van der Waals surface area contributed by atoms with Crippen LogP contribution < -0.4 is 10.2 Å². The molecular formula is C19H26Cl2N6O. The fraction of sp³-hybridized carbons (Fsp3) is 0.579. The molecule has 28 heavy (non-hydrogen) atoms. The standard InChI is InChI=1S/C19H24N6O.2ClH/c1-24(18-7-4-14(10-20)12-23-18)16-6-5-15(9-16)22-13-19(26)25-8-2-3-17(25)11-21;;/h4,7,12,15-17,22H,2-3,5-6,8-9,13H2,1H3;2*1H/t15-,16-,17-;;/m0../s1. The molecule has 2 heterocycles. The maximum atomic E-state index is 12.3. The highest BCUT2D eigenvalue weighted by molar-refractivity contribution is 5.85. The second-order valence-electron chi connectivity index (χ2n) is 7.05. The summed E-state index contributed by atoms with van der Waals surface area (Å²) in [6.45, 7) is 0.994.